The number of hydrogen-bond acceptors (Lipinski definition) is 1. The second-order valence-corrected chi connectivity index (χ2v) is 6.88. The van der Waals surface area contributed by atoms with E-state index in [1.807, 2.05) is 36.4 Å². The van der Waals surface area contributed by atoms with Gasteiger partial charge in [-0.2, -0.15) is 0 Å². The van der Waals surface area contributed by atoms with Crippen LogP contribution in [-0.2, 0) is 3.79 Å². The van der Waals surface area contributed by atoms with Crippen LogP contribution in [0.2, 0.25) is 5.02 Å². The van der Waals surface area contributed by atoms with Crippen LogP contribution in [0.15, 0.2) is 42.5 Å². The molecule has 0 aliphatic rings. The fourth-order valence-electron chi connectivity index (χ4n) is 2.14. The van der Waals surface area contributed by atoms with Crippen molar-refractivity contribution >= 4 is 68.1 Å². The summed E-state index contributed by atoms with van der Waals surface area (Å²) in [5.74, 6) is 0. The summed E-state index contributed by atoms with van der Waals surface area (Å²) >= 11 is 24.1. The molecule has 0 bridgehead atoms. The third kappa shape index (κ3) is 2.36. The van der Waals surface area contributed by atoms with Gasteiger partial charge in [-0.3, -0.25) is 0 Å². The maximum Gasteiger partial charge on any atom is 0.233 e. The van der Waals surface area contributed by atoms with E-state index >= 15 is 0 Å². The van der Waals surface area contributed by atoms with E-state index in [2.05, 4.69) is 4.98 Å². The van der Waals surface area contributed by atoms with Gasteiger partial charge in [0.1, 0.15) is 5.69 Å². The Morgan fingerprint density at radius 1 is 0.842 bits per heavy atom. The molecule has 2 aromatic carbocycles. The summed E-state index contributed by atoms with van der Waals surface area (Å²) in [6.45, 7) is 0. The van der Waals surface area contributed by atoms with Gasteiger partial charge in [-0.05, 0) is 23.6 Å². The summed E-state index contributed by atoms with van der Waals surface area (Å²) in [7, 11) is 0. The quantitative estimate of drug-likeness (QED) is 0.371. The molecule has 0 aliphatic heterocycles. The number of hydrogen-bond donors (Lipinski definition) is 0. The zero-order valence-electron chi connectivity index (χ0n) is 9.50. The van der Waals surface area contributed by atoms with Crippen LogP contribution in [-0.4, -0.2) is 4.98 Å². The maximum absolute atomic E-state index is 6.04. The van der Waals surface area contributed by atoms with E-state index in [0.29, 0.717) is 10.7 Å². The first-order chi connectivity index (χ1) is 8.97. The van der Waals surface area contributed by atoms with Crippen LogP contribution >= 0.6 is 46.4 Å². The van der Waals surface area contributed by atoms with Gasteiger partial charge in [0.15, 0.2) is 0 Å². The van der Waals surface area contributed by atoms with Crippen molar-refractivity contribution in [2.75, 3.05) is 0 Å². The van der Waals surface area contributed by atoms with Gasteiger partial charge in [0, 0.05) is 15.8 Å². The molecule has 0 saturated carbocycles. The maximum atomic E-state index is 6.04. The number of benzene rings is 2. The second kappa shape index (κ2) is 4.68. The molecule has 3 rings (SSSR count). The first-order valence-electron chi connectivity index (χ1n) is 5.52. The van der Waals surface area contributed by atoms with Gasteiger partial charge in [-0.15, -0.1) is 0 Å². The molecule has 0 saturated heterocycles. The molecule has 0 aliphatic carbocycles. The highest BCUT2D eigenvalue weighted by Crippen LogP contribution is 2.42. The summed E-state index contributed by atoms with van der Waals surface area (Å²) in [4.78, 5) is 4.46. The SMILES string of the molecule is Clc1ccc2nc(C(Cl)(Cl)Cl)c3ccccc3c2c1. The van der Waals surface area contributed by atoms with E-state index in [9.17, 15) is 0 Å². The Labute approximate surface area is 130 Å². The molecule has 0 spiro atoms. The Balaban J connectivity index is 2.54. The molecule has 0 atom stereocenters. The van der Waals surface area contributed by atoms with E-state index < -0.39 is 3.79 Å². The zero-order valence-corrected chi connectivity index (χ0v) is 12.5. The molecule has 1 nitrogen and oxygen atoms in total. The van der Waals surface area contributed by atoms with Crippen molar-refractivity contribution in [2.45, 2.75) is 3.79 Å². The predicted octanol–water partition coefficient (Wildman–Crippen LogP) is 5.87. The Morgan fingerprint density at radius 2 is 1.53 bits per heavy atom. The average Bonchev–Trinajstić information content (AvgIpc) is 2.37. The minimum absolute atomic E-state index is 0.433. The number of alkyl halides is 3. The van der Waals surface area contributed by atoms with Gasteiger partial charge in [0.2, 0.25) is 3.79 Å². The highest BCUT2D eigenvalue weighted by molar-refractivity contribution is 6.67. The molecule has 0 N–H and O–H groups in total. The fourth-order valence-corrected chi connectivity index (χ4v) is 2.75. The van der Waals surface area contributed by atoms with Crippen molar-refractivity contribution in [3.05, 3.63) is 53.2 Å². The third-order valence-electron chi connectivity index (χ3n) is 2.93. The smallest absolute Gasteiger partial charge is 0.233 e. The summed E-state index contributed by atoms with van der Waals surface area (Å²) in [5.41, 5.74) is 1.19. The Bertz CT molecular complexity index is 777. The number of pyridine rings is 1. The molecule has 19 heavy (non-hydrogen) atoms. The van der Waals surface area contributed by atoms with Gasteiger partial charge in [-0.1, -0.05) is 70.7 Å². The molecule has 0 fully saturated rings. The lowest BCUT2D eigenvalue weighted by Gasteiger charge is -2.15. The predicted molar refractivity (Wildman–Crippen MR) is 83.5 cm³/mol. The second-order valence-electron chi connectivity index (χ2n) is 4.17. The summed E-state index contributed by atoms with van der Waals surface area (Å²) in [6, 6.07) is 13.1. The van der Waals surface area contributed by atoms with Crippen LogP contribution in [0, 0.1) is 0 Å². The molecule has 0 amide bonds. The average molecular weight is 331 g/mol. The van der Waals surface area contributed by atoms with Gasteiger partial charge in [0.25, 0.3) is 0 Å². The summed E-state index contributed by atoms with van der Waals surface area (Å²) in [5, 5.41) is 3.38. The molecule has 1 heterocycles. The van der Waals surface area contributed by atoms with Gasteiger partial charge >= 0.3 is 0 Å². The van der Waals surface area contributed by atoms with E-state index in [-0.39, 0.29) is 0 Å². The summed E-state index contributed by atoms with van der Waals surface area (Å²) in [6.07, 6.45) is 0. The topological polar surface area (TPSA) is 12.9 Å². The molecule has 0 unspecified atom stereocenters. The normalized spacial score (nSPS) is 12.2. The van der Waals surface area contributed by atoms with Gasteiger partial charge in [-0.25, -0.2) is 4.98 Å². The van der Waals surface area contributed by atoms with Crippen LogP contribution in [0.4, 0.5) is 0 Å². The Kier molecular flexibility index (Phi) is 3.26. The Morgan fingerprint density at radius 3 is 2.21 bits per heavy atom. The molecular formula is C14H7Cl4N. The Hall–Kier alpha value is -0.730. The standard InChI is InChI=1S/C14H7Cl4N/c15-8-5-6-12-11(7-8)9-3-1-2-4-10(9)13(19-12)14(16,17)18/h1-7H. The molecule has 96 valence electrons. The molecule has 5 heteroatoms. The van der Waals surface area contributed by atoms with Crippen molar-refractivity contribution in [3.63, 3.8) is 0 Å². The van der Waals surface area contributed by atoms with E-state index in [1.54, 1.807) is 6.07 Å². The minimum Gasteiger partial charge on any atom is -0.248 e. The van der Waals surface area contributed by atoms with Crippen molar-refractivity contribution in [1.82, 2.24) is 4.98 Å². The lowest BCUT2D eigenvalue weighted by atomic mass is 10.0. The number of halogens is 4. The highest BCUT2D eigenvalue weighted by atomic mass is 35.6. The lowest BCUT2D eigenvalue weighted by Crippen LogP contribution is -2.05. The molecule has 0 radical (unpaired) electrons. The van der Waals surface area contributed by atoms with Crippen LogP contribution in [0.3, 0.4) is 0 Å². The number of aromatic nitrogens is 1. The van der Waals surface area contributed by atoms with E-state index in [4.69, 9.17) is 46.4 Å². The summed E-state index contributed by atoms with van der Waals surface area (Å²) < 4.78 is -1.56. The van der Waals surface area contributed by atoms with Crippen molar-refractivity contribution < 1.29 is 0 Å². The van der Waals surface area contributed by atoms with Crippen molar-refractivity contribution in [2.24, 2.45) is 0 Å². The van der Waals surface area contributed by atoms with Crippen molar-refractivity contribution in [1.29, 1.82) is 0 Å². The van der Waals surface area contributed by atoms with Crippen molar-refractivity contribution in [3.8, 4) is 0 Å². The van der Waals surface area contributed by atoms with Crippen LogP contribution < -0.4 is 0 Å². The monoisotopic (exact) mass is 329 g/mol. The third-order valence-corrected chi connectivity index (χ3v) is 3.70. The lowest BCUT2D eigenvalue weighted by molar-refractivity contribution is 1.14. The van der Waals surface area contributed by atoms with Crippen LogP contribution in [0.1, 0.15) is 5.69 Å². The minimum atomic E-state index is -1.56. The van der Waals surface area contributed by atoms with Crippen LogP contribution in [0.5, 0.6) is 0 Å². The number of rotatable bonds is 0. The van der Waals surface area contributed by atoms with Crippen LogP contribution in [0.25, 0.3) is 21.7 Å². The highest BCUT2D eigenvalue weighted by Gasteiger charge is 2.27. The molecule has 1 aromatic heterocycles. The van der Waals surface area contributed by atoms with E-state index in [1.165, 1.54) is 0 Å². The first kappa shape index (κ1) is 13.3. The van der Waals surface area contributed by atoms with E-state index in [0.717, 1.165) is 21.7 Å². The zero-order chi connectivity index (χ0) is 13.6. The van der Waals surface area contributed by atoms with Gasteiger partial charge in [0.05, 0.1) is 5.52 Å². The number of nitrogens with zero attached hydrogens (tertiary/aromatic N) is 1. The molecular weight excluding hydrogens is 324 g/mol. The largest absolute Gasteiger partial charge is 0.248 e. The van der Waals surface area contributed by atoms with Gasteiger partial charge < -0.3 is 0 Å². The molecule has 3 aromatic rings. The number of fused-ring (bicyclic) bond motifs is 3. The fraction of sp³-hybridized carbons (Fsp3) is 0.0714. The first-order valence-corrected chi connectivity index (χ1v) is 7.03.